The van der Waals surface area contributed by atoms with E-state index in [0.29, 0.717) is 32.4 Å². The van der Waals surface area contributed by atoms with Gasteiger partial charge >= 0.3 is 0 Å². The van der Waals surface area contributed by atoms with E-state index in [1.54, 1.807) is 11.9 Å². The number of ether oxygens (including phenoxy) is 1. The number of carbonyl (C=O) groups is 2. The second kappa shape index (κ2) is 9.49. The lowest BCUT2D eigenvalue weighted by atomic mass is 10.0. The van der Waals surface area contributed by atoms with Crippen molar-refractivity contribution in [1.82, 2.24) is 4.90 Å². The number of rotatable bonds is 7. The molecule has 2 amide bonds. The molecule has 0 spiro atoms. The summed E-state index contributed by atoms with van der Waals surface area (Å²) in [6.45, 7) is 2.88. The molecule has 2 rings (SSSR count). The number of anilines is 1. The van der Waals surface area contributed by atoms with Crippen molar-refractivity contribution in [1.29, 1.82) is 0 Å². The van der Waals surface area contributed by atoms with Crippen LogP contribution in [0, 0.1) is 0 Å². The molecule has 1 aromatic rings. The van der Waals surface area contributed by atoms with Crippen LogP contribution in [0.2, 0.25) is 0 Å². The van der Waals surface area contributed by atoms with Crippen LogP contribution in [0.1, 0.15) is 31.7 Å². The molecule has 1 aromatic carbocycles. The summed E-state index contributed by atoms with van der Waals surface area (Å²) >= 11 is 0. The third kappa shape index (κ3) is 5.39. The first-order valence-corrected chi connectivity index (χ1v) is 8.02. The maximum Gasteiger partial charge on any atom is 0.224 e. The number of nitrogens with two attached hydrogens (primary N) is 1. The SMILES string of the molecule is CC(CN)N(C)C(=O)CCCOc1ccc2c(c1)CCC(=O)N2.Cl. The van der Waals surface area contributed by atoms with Crippen molar-refractivity contribution in [2.45, 2.75) is 38.6 Å². The van der Waals surface area contributed by atoms with Gasteiger partial charge in [-0.15, -0.1) is 12.4 Å². The highest BCUT2D eigenvalue weighted by molar-refractivity contribution is 5.94. The Morgan fingerprint density at radius 3 is 2.88 bits per heavy atom. The van der Waals surface area contributed by atoms with Crippen LogP contribution in [0.15, 0.2) is 18.2 Å². The van der Waals surface area contributed by atoms with Crippen LogP contribution in [0.3, 0.4) is 0 Å². The molecule has 1 aliphatic rings. The van der Waals surface area contributed by atoms with E-state index in [4.69, 9.17) is 10.5 Å². The minimum Gasteiger partial charge on any atom is -0.494 e. The van der Waals surface area contributed by atoms with E-state index in [1.165, 1.54) is 0 Å². The zero-order chi connectivity index (χ0) is 16.8. The Balaban J connectivity index is 0.00000288. The number of hydrogen-bond donors (Lipinski definition) is 2. The number of aryl methyl sites for hydroxylation is 1. The molecule has 1 heterocycles. The van der Waals surface area contributed by atoms with E-state index in [0.717, 1.165) is 23.4 Å². The normalized spacial score (nSPS) is 14.0. The predicted octanol–water partition coefficient (Wildman–Crippen LogP) is 1.96. The summed E-state index contributed by atoms with van der Waals surface area (Å²) in [6.07, 6.45) is 2.35. The monoisotopic (exact) mass is 355 g/mol. The van der Waals surface area contributed by atoms with Gasteiger partial charge in [0, 0.05) is 38.2 Å². The van der Waals surface area contributed by atoms with Gasteiger partial charge in [-0.25, -0.2) is 0 Å². The Bertz CT molecular complexity index is 580. The summed E-state index contributed by atoms with van der Waals surface area (Å²) in [6, 6.07) is 5.72. The fraction of sp³-hybridized carbons (Fsp3) is 0.529. The first-order chi connectivity index (χ1) is 11.0. The Hall–Kier alpha value is -1.79. The maximum atomic E-state index is 12.0. The zero-order valence-electron chi connectivity index (χ0n) is 14.2. The first-order valence-electron chi connectivity index (χ1n) is 8.02. The zero-order valence-corrected chi connectivity index (χ0v) is 15.0. The van der Waals surface area contributed by atoms with E-state index in [1.807, 2.05) is 25.1 Å². The van der Waals surface area contributed by atoms with Gasteiger partial charge in [0.05, 0.1) is 6.61 Å². The van der Waals surface area contributed by atoms with Crippen molar-refractivity contribution in [3.8, 4) is 5.75 Å². The molecule has 1 atom stereocenters. The molecular formula is C17H26ClN3O3. The summed E-state index contributed by atoms with van der Waals surface area (Å²) in [5.41, 5.74) is 7.52. The number of nitrogens with zero attached hydrogens (tertiary/aromatic N) is 1. The highest BCUT2D eigenvalue weighted by Crippen LogP contribution is 2.26. The lowest BCUT2D eigenvalue weighted by Gasteiger charge is -2.23. The molecule has 3 N–H and O–H groups in total. The number of carbonyl (C=O) groups excluding carboxylic acids is 2. The molecule has 24 heavy (non-hydrogen) atoms. The largest absolute Gasteiger partial charge is 0.494 e. The topological polar surface area (TPSA) is 84.7 Å². The molecule has 0 aromatic heterocycles. The lowest BCUT2D eigenvalue weighted by Crippen LogP contribution is -2.39. The highest BCUT2D eigenvalue weighted by atomic mass is 35.5. The van der Waals surface area contributed by atoms with Crippen LogP contribution in [0.5, 0.6) is 5.75 Å². The summed E-state index contributed by atoms with van der Waals surface area (Å²) in [5.74, 6) is 0.913. The third-order valence-electron chi connectivity index (χ3n) is 4.17. The summed E-state index contributed by atoms with van der Waals surface area (Å²) < 4.78 is 5.71. The Morgan fingerprint density at radius 1 is 1.42 bits per heavy atom. The Kier molecular flexibility index (Phi) is 8.01. The van der Waals surface area contributed by atoms with Crippen molar-refractivity contribution in [2.24, 2.45) is 5.73 Å². The molecule has 134 valence electrons. The van der Waals surface area contributed by atoms with Gasteiger partial charge in [0.2, 0.25) is 11.8 Å². The standard InChI is InChI=1S/C17H25N3O3.ClH/c1-12(11-18)20(2)17(22)4-3-9-23-14-6-7-15-13(10-14)5-8-16(21)19-15;/h6-7,10,12H,3-5,8-9,11,18H2,1-2H3,(H,19,21);1H. The van der Waals surface area contributed by atoms with Crippen molar-refractivity contribution in [3.63, 3.8) is 0 Å². The van der Waals surface area contributed by atoms with E-state index >= 15 is 0 Å². The van der Waals surface area contributed by atoms with E-state index < -0.39 is 0 Å². The van der Waals surface area contributed by atoms with Crippen LogP contribution in [0.4, 0.5) is 5.69 Å². The fourth-order valence-corrected chi connectivity index (χ4v) is 2.44. The van der Waals surface area contributed by atoms with Gasteiger partial charge in [0.1, 0.15) is 5.75 Å². The van der Waals surface area contributed by atoms with Crippen LogP contribution < -0.4 is 15.8 Å². The van der Waals surface area contributed by atoms with Gasteiger partial charge in [-0.3, -0.25) is 9.59 Å². The van der Waals surface area contributed by atoms with E-state index in [9.17, 15) is 9.59 Å². The smallest absolute Gasteiger partial charge is 0.224 e. The lowest BCUT2D eigenvalue weighted by molar-refractivity contribution is -0.131. The molecule has 6 nitrogen and oxygen atoms in total. The average molecular weight is 356 g/mol. The van der Waals surface area contributed by atoms with Gasteiger partial charge in [0.25, 0.3) is 0 Å². The molecule has 0 saturated carbocycles. The van der Waals surface area contributed by atoms with E-state index in [-0.39, 0.29) is 30.3 Å². The molecule has 7 heteroatoms. The molecule has 0 radical (unpaired) electrons. The number of fused-ring (bicyclic) bond motifs is 1. The average Bonchev–Trinajstić information content (AvgIpc) is 2.57. The maximum absolute atomic E-state index is 12.0. The molecule has 0 fully saturated rings. The summed E-state index contributed by atoms with van der Waals surface area (Å²) in [5, 5.41) is 2.84. The molecule has 0 saturated heterocycles. The van der Waals surface area contributed by atoms with Gasteiger partial charge in [-0.1, -0.05) is 0 Å². The quantitative estimate of drug-likeness (QED) is 0.732. The molecule has 0 aliphatic carbocycles. The van der Waals surface area contributed by atoms with Gasteiger partial charge in [0.15, 0.2) is 0 Å². The van der Waals surface area contributed by atoms with Crippen LogP contribution >= 0.6 is 12.4 Å². The van der Waals surface area contributed by atoms with Crippen molar-refractivity contribution >= 4 is 29.9 Å². The van der Waals surface area contributed by atoms with Crippen molar-refractivity contribution in [2.75, 3.05) is 25.5 Å². The minimum absolute atomic E-state index is 0. The number of halogens is 1. The number of hydrogen-bond acceptors (Lipinski definition) is 4. The minimum atomic E-state index is 0. The molecule has 1 aliphatic heterocycles. The second-order valence-corrected chi connectivity index (χ2v) is 5.91. The number of benzene rings is 1. The number of likely N-dealkylation sites (N-methyl/N-ethyl adjacent to an activating group) is 1. The van der Waals surface area contributed by atoms with Crippen LogP contribution in [0.25, 0.3) is 0 Å². The van der Waals surface area contributed by atoms with Crippen molar-refractivity contribution < 1.29 is 14.3 Å². The van der Waals surface area contributed by atoms with E-state index in [2.05, 4.69) is 5.32 Å². The van der Waals surface area contributed by atoms with Gasteiger partial charge < -0.3 is 20.7 Å². The van der Waals surface area contributed by atoms with Crippen LogP contribution in [-0.2, 0) is 16.0 Å². The Labute approximate surface area is 149 Å². The third-order valence-corrected chi connectivity index (χ3v) is 4.17. The number of nitrogens with one attached hydrogen (secondary N) is 1. The molecular weight excluding hydrogens is 330 g/mol. The molecule has 0 bridgehead atoms. The number of amides is 2. The predicted molar refractivity (Wildman–Crippen MR) is 96.7 cm³/mol. The van der Waals surface area contributed by atoms with Gasteiger partial charge in [-0.2, -0.15) is 0 Å². The van der Waals surface area contributed by atoms with Gasteiger partial charge in [-0.05, 0) is 43.5 Å². The Morgan fingerprint density at radius 2 is 2.17 bits per heavy atom. The first kappa shape index (κ1) is 20.3. The van der Waals surface area contributed by atoms with Crippen LogP contribution in [-0.4, -0.2) is 43.0 Å². The fourth-order valence-electron chi connectivity index (χ4n) is 2.44. The second-order valence-electron chi connectivity index (χ2n) is 5.91. The van der Waals surface area contributed by atoms with Crippen molar-refractivity contribution in [3.05, 3.63) is 23.8 Å². The molecule has 1 unspecified atom stereocenters. The summed E-state index contributed by atoms with van der Waals surface area (Å²) in [4.78, 5) is 25.0. The summed E-state index contributed by atoms with van der Waals surface area (Å²) in [7, 11) is 1.78. The highest BCUT2D eigenvalue weighted by Gasteiger charge is 2.16.